The van der Waals surface area contributed by atoms with Gasteiger partial charge in [-0.25, -0.2) is 4.98 Å². The number of nitrogens with zero attached hydrogens (tertiary/aromatic N) is 3. The maximum absolute atomic E-state index is 12.7. The van der Waals surface area contributed by atoms with Crippen LogP contribution in [0.5, 0.6) is 0 Å². The first-order valence-electron chi connectivity index (χ1n) is 9.03. The molecule has 1 fully saturated rings. The molecule has 0 saturated carbocycles. The highest BCUT2D eigenvalue weighted by molar-refractivity contribution is 6.33. The maximum atomic E-state index is 12.7. The minimum Gasteiger partial charge on any atom is -0.366 e. The van der Waals surface area contributed by atoms with Gasteiger partial charge in [-0.3, -0.25) is 14.5 Å². The number of nitrogens with one attached hydrogen (secondary N) is 1. The summed E-state index contributed by atoms with van der Waals surface area (Å²) in [7, 11) is 0. The second-order valence-electron chi connectivity index (χ2n) is 6.78. The molecule has 0 spiro atoms. The van der Waals surface area contributed by atoms with Crippen LogP contribution in [-0.2, 0) is 11.0 Å². The monoisotopic (exact) mass is 441 g/mol. The predicted molar refractivity (Wildman–Crippen MR) is 106 cm³/mol. The number of aromatic nitrogens is 1. The highest BCUT2D eigenvalue weighted by Gasteiger charge is 2.32. The normalized spacial score (nSPS) is 15.1. The Bertz CT molecular complexity index is 929. The summed E-state index contributed by atoms with van der Waals surface area (Å²) < 4.78 is 38.2. The average molecular weight is 442 g/mol. The number of nitrogens with two attached hydrogens (primary N) is 1. The van der Waals surface area contributed by atoms with Gasteiger partial charge >= 0.3 is 6.18 Å². The third kappa shape index (κ3) is 5.39. The van der Waals surface area contributed by atoms with E-state index in [1.807, 2.05) is 4.90 Å². The van der Waals surface area contributed by atoms with E-state index in [2.05, 4.69) is 10.3 Å². The number of primary amides is 1. The van der Waals surface area contributed by atoms with E-state index in [9.17, 15) is 22.8 Å². The fourth-order valence-corrected chi connectivity index (χ4v) is 3.34. The van der Waals surface area contributed by atoms with E-state index in [-0.39, 0.29) is 17.5 Å². The summed E-state index contributed by atoms with van der Waals surface area (Å²) in [5, 5.41) is 2.68. The first-order valence-corrected chi connectivity index (χ1v) is 9.41. The van der Waals surface area contributed by atoms with Crippen LogP contribution in [0, 0.1) is 0 Å². The van der Waals surface area contributed by atoms with Crippen LogP contribution in [0.25, 0.3) is 0 Å². The van der Waals surface area contributed by atoms with E-state index in [0.717, 1.165) is 12.3 Å². The van der Waals surface area contributed by atoms with Gasteiger partial charge in [-0.05, 0) is 30.3 Å². The Labute approximate surface area is 175 Å². The van der Waals surface area contributed by atoms with Gasteiger partial charge in [-0.15, -0.1) is 0 Å². The lowest BCUT2D eigenvalue weighted by molar-refractivity contribution is -0.137. The molecule has 2 aromatic rings. The molecule has 1 aliphatic rings. The molecule has 7 nitrogen and oxygen atoms in total. The third-order valence-corrected chi connectivity index (χ3v) is 4.92. The van der Waals surface area contributed by atoms with Gasteiger partial charge in [-0.1, -0.05) is 11.6 Å². The van der Waals surface area contributed by atoms with Crippen molar-refractivity contribution < 1.29 is 22.8 Å². The second-order valence-corrected chi connectivity index (χ2v) is 7.19. The summed E-state index contributed by atoms with van der Waals surface area (Å²) in [5.41, 5.74) is 5.18. The first kappa shape index (κ1) is 21.8. The predicted octanol–water partition coefficient (Wildman–Crippen LogP) is 2.61. The molecule has 0 unspecified atom stereocenters. The van der Waals surface area contributed by atoms with E-state index in [4.69, 9.17) is 17.3 Å². The molecule has 160 valence electrons. The molecule has 0 radical (unpaired) electrons. The number of carbonyl (C=O) groups is 2. The van der Waals surface area contributed by atoms with E-state index >= 15 is 0 Å². The van der Waals surface area contributed by atoms with Crippen molar-refractivity contribution in [3.8, 4) is 0 Å². The van der Waals surface area contributed by atoms with Crippen molar-refractivity contribution >= 4 is 34.9 Å². The van der Waals surface area contributed by atoms with Crippen molar-refractivity contribution in [2.24, 2.45) is 5.73 Å². The van der Waals surface area contributed by atoms with Crippen LogP contribution < -0.4 is 16.0 Å². The quantitative estimate of drug-likeness (QED) is 0.744. The zero-order valence-corrected chi connectivity index (χ0v) is 16.5. The molecule has 3 N–H and O–H groups in total. The van der Waals surface area contributed by atoms with Crippen LogP contribution in [0.1, 0.15) is 15.9 Å². The number of hydrogen-bond donors (Lipinski definition) is 2. The fourth-order valence-electron chi connectivity index (χ4n) is 3.06. The van der Waals surface area contributed by atoms with Gasteiger partial charge in [0, 0.05) is 43.6 Å². The second kappa shape index (κ2) is 8.88. The molecule has 30 heavy (non-hydrogen) atoms. The molecule has 1 aromatic carbocycles. The molecule has 1 saturated heterocycles. The minimum absolute atomic E-state index is 0.0598. The zero-order valence-electron chi connectivity index (χ0n) is 15.7. The molecule has 0 bridgehead atoms. The summed E-state index contributed by atoms with van der Waals surface area (Å²) in [4.78, 5) is 30.9. The number of piperazine rings is 1. The number of amides is 2. The Balaban J connectivity index is 1.52. The largest absolute Gasteiger partial charge is 0.417 e. The number of anilines is 2. The molecule has 0 aliphatic carbocycles. The molecule has 0 atom stereocenters. The topological polar surface area (TPSA) is 91.6 Å². The lowest BCUT2D eigenvalue weighted by Crippen LogP contribution is -2.49. The van der Waals surface area contributed by atoms with Crippen molar-refractivity contribution in [2.75, 3.05) is 42.9 Å². The summed E-state index contributed by atoms with van der Waals surface area (Å²) in [6, 6.07) is 7.10. The Morgan fingerprint density at radius 3 is 2.30 bits per heavy atom. The van der Waals surface area contributed by atoms with Crippen LogP contribution in [0.2, 0.25) is 5.02 Å². The fraction of sp³-hybridized carbons (Fsp3) is 0.316. The molecular weight excluding hydrogens is 423 g/mol. The number of halogens is 4. The smallest absolute Gasteiger partial charge is 0.366 e. The Kier molecular flexibility index (Phi) is 6.47. The number of pyridine rings is 1. The van der Waals surface area contributed by atoms with Crippen molar-refractivity contribution in [2.45, 2.75) is 6.18 Å². The van der Waals surface area contributed by atoms with Gasteiger partial charge in [0.25, 0.3) is 0 Å². The maximum Gasteiger partial charge on any atom is 0.417 e. The van der Waals surface area contributed by atoms with Gasteiger partial charge in [0.2, 0.25) is 11.8 Å². The van der Waals surface area contributed by atoms with Gasteiger partial charge in [0.15, 0.2) is 0 Å². The standard InChI is InChI=1S/C19H19ClF3N5O2/c20-15-9-13(19(21,22)23)10-25-18(15)28-7-5-27(6-8-28)11-16(29)26-14-3-1-12(2-4-14)17(24)30/h1-4,9-10H,5-8,11H2,(H2,24,30)(H,26,29). The van der Waals surface area contributed by atoms with Crippen molar-refractivity contribution in [3.05, 3.63) is 52.7 Å². The third-order valence-electron chi connectivity index (χ3n) is 4.64. The van der Waals surface area contributed by atoms with E-state index < -0.39 is 17.6 Å². The average Bonchev–Trinajstić information content (AvgIpc) is 2.68. The van der Waals surface area contributed by atoms with Crippen molar-refractivity contribution in [3.63, 3.8) is 0 Å². The van der Waals surface area contributed by atoms with Gasteiger partial charge in [-0.2, -0.15) is 13.2 Å². The van der Waals surface area contributed by atoms with Gasteiger partial charge in [0.05, 0.1) is 17.1 Å². The molecule has 1 aliphatic heterocycles. The highest BCUT2D eigenvalue weighted by Crippen LogP contribution is 2.33. The van der Waals surface area contributed by atoms with Crippen LogP contribution in [0.15, 0.2) is 36.5 Å². The van der Waals surface area contributed by atoms with E-state index in [1.54, 1.807) is 17.0 Å². The molecular formula is C19H19ClF3N5O2. The Morgan fingerprint density at radius 1 is 1.13 bits per heavy atom. The van der Waals surface area contributed by atoms with Crippen molar-refractivity contribution in [1.29, 1.82) is 0 Å². The van der Waals surface area contributed by atoms with Crippen LogP contribution in [-0.4, -0.2) is 54.4 Å². The number of benzene rings is 1. The van der Waals surface area contributed by atoms with Crippen LogP contribution in [0.4, 0.5) is 24.7 Å². The molecule has 2 heterocycles. The molecule has 11 heteroatoms. The Hall–Kier alpha value is -2.85. The van der Waals surface area contributed by atoms with E-state index in [1.165, 1.54) is 12.1 Å². The number of hydrogen-bond acceptors (Lipinski definition) is 5. The Morgan fingerprint density at radius 2 is 1.77 bits per heavy atom. The minimum atomic E-state index is -4.50. The lowest BCUT2D eigenvalue weighted by Gasteiger charge is -2.35. The van der Waals surface area contributed by atoms with Crippen LogP contribution in [0.3, 0.4) is 0 Å². The molecule has 2 amide bonds. The number of carbonyl (C=O) groups excluding carboxylic acids is 2. The first-order chi connectivity index (χ1) is 14.1. The highest BCUT2D eigenvalue weighted by atomic mass is 35.5. The summed E-state index contributed by atoms with van der Waals surface area (Å²) >= 11 is 6.00. The number of alkyl halides is 3. The van der Waals surface area contributed by atoms with Gasteiger partial charge < -0.3 is 16.0 Å². The molecule has 1 aromatic heterocycles. The van der Waals surface area contributed by atoms with Gasteiger partial charge in [0.1, 0.15) is 5.82 Å². The lowest BCUT2D eigenvalue weighted by atomic mass is 10.2. The van der Waals surface area contributed by atoms with Crippen molar-refractivity contribution in [1.82, 2.24) is 9.88 Å². The summed E-state index contributed by atoms with van der Waals surface area (Å²) in [5.74, 6) is -0.474. The van der Waals surface area contributed by atoms with Crippen LogP contribution >= 0.6 is 11.6 Å². The van der Waals surface area contributed by atoms with E-state index in [0.29, 0.717) is 43.2 Å². The SMILES string of the molecule is NC(=O)c1ccc(NC(=O)CN2CCN(c3ncc(C(F)(F)F)cc3Cl)CC2)cc1. The summed E-state index contributed by atoms with van der Waals surface area (Å²) in [6.07, 6.45) is -3.73. The number of rotatable bonds is 5. The zero-order chi connectivity index (χ0) is 21.9. The molecule has 3 rings (SSSR count). The summed E-state index contributed by atoms with van der Waals surface area (Å²) in [6.45, 7) is 2.14.